The van der Waals surface area contributed by atoms with Gasteiger partial charge in [0.15, 0.2) is 0 Å². The Hall–Kier alpha value is -9.14. The van der Waals surface area contributed by atoms with Crippen molar-refractivity contribution in [1.82, 2.24) is 79.4 Å². The van der Waals surface area contributed by atoms with Gasteiger partial charge in [-0.3, -0.25) is 56.6 Å². The van der Waals surface area contributed by atoms with Crippen LogP contribution < -0.4 is 65.2 Å². The molecule has 8 aromatic heterocycles. The Balaban J connectivity index is 0.000000147. The van der Waals surface area contributed by atoms with Gasteiger partial charge >= 0.3 is 0 Å². The number of nitrogen functional groups attached to an aromatic ring is 1. The summed E-state index contributed by atoms with van der Waals surface area (Å²) in [7, 11) is 0. The van der Waals surface area contributed by atoms with Crippen LogP contribution in [0.4, 0.5) is 75.5 Å². The lowest BCUT2D eigenvalue weighted by Crippen LogP contribution is -2.51. The molecule has 4 saturated carbocycles. The lowest BCUT2D eigenvalue weighted by atomic mass is 9.86. The van der Waals surface area contributed by atoms with Gasteiger partial charge in [-0.1, -0.05) is 46.4 Å². The molecule has 8 aliphatic rings. The number of nitrogens with two attached hydrogens (primary N) is 1. The maximum atomic E-state index is 13.6. The van der Waals surface area contributed by atoms with Gasteiger partial charge in [-0.25, -0.2) is 75.0 Å². The molecule has 0 bridgehead atoms. The topological polar surface area (TPSA) is 370 Å². The van der Waals surface area contributed by atoms with Crippen LogP contribution in [0, 0.1) is 0 Å². The van der Waals surface area contributed by atoms with Gasteiger partial charge in [0.1, 0.15) is 111 Å². The van der Waals surface area contributed by atoms with Gasteiger partial charge in [0.2, 0.25) is 23.7 Å². The molecule has 43 heteroatoms. The monoisotopic (exact) mass is 1680 g/mol. The summed E-state index contributed by atoms with van der Waals surface area (Å²) in [5.74, 6) is -11.6. The highest BCUT2D eigenvalue weighted by molar-refractivity contribution is 9.10. The molecule has 8 aromatic rings. The second-order valence-corrected chi connectivity index (χ2v) is 28.2. The number of halogens is 15. The number of anilines is 7. The van der Waals surface area contributed by atoms with E-state index >= 15 is 0 Å². The molecular formula is C64H59BrCl6F8N20O8. The number of amides is 4. The minimum Gasteiger partial charge on any atom is -0.384 e. The number of pyridine rings is 4. The van der Waals surface area contributed by atoms with Crippen LogP contribution in [-0.4, -0.2) is 105 Å². The fourth-order valence-electron chi connectivity index (χ4n) is 13.7. The van der Waals surface area contributed by atoms with Crippen molar-refractivity contribution in [2.75, 3.05) is 21.7 Å². The Morgan fingerprint density at radius 3 is 0.813 bits per heavy atom. The Bertz CT molecular complexity index is 4620. The van der Waals surface area contributed by atoms with Gasteiger partial charge in [0.25, 0.3) is 45.9 Å². The number of fused-ring (bicyclic) bond motifs is 8. The van der Waals surface area contributed by atoms with E-state index in [1.165, 1.54) is 86.4 Å². The van der Waals surface area contributed by atoms with Crippen molar-refractivity contribution in [1.29, 1.82) is 0 Å². The van der Waals surface area contributed by atoms with Crippen molar-refractivity contribution in [2.45, 2.75) is 149 Å². The van der Waals surface area contributed by atoms with Crippen molar-refractivity contribution in [3.63, 3.8) is 0 Å². The first-order chi connectivity index (χ1) is 49.6. The SMILES string of the molecule is Cl.Cl.Nc1ccncn1.O=C1NC2(CCC(F)(F)CC2)n2c1c(Cl)cc(Br)c2=O.O=C1NC2(CCC(F)(F)CC2)n2c1c(Cl)cc(Nc1ccncn1)c2=O.O=C1NC2(CCC(F)(F)CC2)n2c1c(Cl)cc(Nc1ccncn1)c2=O.O=C1NC2(CCC(F)(F)CC2)n2c1c(Cl)cc(Nc1ccncn1)c2=O. The third-order valence-corrected chi connectivity index (χ3v) is 20.6. The summed E-state index contributed by atoms with van der Waals surface area (Å²) in [4.78, 5) is 131. The summed E-state index contributed by atoms with van der Waals surface area (Å²) in [6, 6.07) is 11.7. The highest BCUT2D eigenvalue weighted by Gasteiger charge is 2.55. The Morgan fingerprint density at radius 2 is 0.598 bits per heavy atom. The van der Waals surface area contributed by atoms with Crippen LogP contribution in [0.3, 0.4) is 0 Å². The second kappa shape index (κ2) is 30.8. The standard InChI is InChI=1S/3C16H14ClF2N5O2.C12H10BrClF2N2O2.C4H5N3.2ClH/c3*17-9-7-10(22-11-1-6-20-8-21-11)14(26)24-12(9)13(25)23-16(24)4-2-15(18,19)3-5-16;13-6-5-7(14)8-9(19)17-12(18(8)10(6)20)3-1-11(15,16)2-4-12;5-4-1-2-6-3-7-4;;/h3*1,6-8H,2-5H2,(H,23,25)(H,20,21,22);5H,1-4H2,(H,17,19);1-3H,(H2,5,6,7);2*1H. The predicted octanol–water partition coefficient (Wildman–Crippen LogP) is 11.7. The Morgan fingerprint density at radius 1 is 0.364 bits per heavy atom. The summed E-state index contributed by atoms with van der Waals surface area (Å²) in [6.07, 6.45) is 7.91. The lowest BCUT2D eigenvalue weighted by Gasteiger charge is -2.38. The number of hydrogen-bond donors (Lipinski definition) is 8. The molecule has 107 heavy (non-hydrogen) atoms. The number of alkyl halides is 8. The third-order valence-electron chi connectivity index (χ3n) is 18.9. The number of hydrogen-bond acceptors (Lipinski definition) is 20. The van der Waals surface area contributed by atoms with Crippen molar-refractivity contribution in [3.05, 3.63) is 187 Å². The van der Waals surface area contributed by atoms with E-state index in [1.807, 2.05) is 0 Å². The first-order valence-corrected chi connectivity index (χ1v) is 34.3. The number of rotatable bonds is 6. The smallest absolute Gasteiger partial charge is 0.276 e. The number of nitrogens with zero attached hydrogens (tertiary/aromatic N) is 12. The van der Waals surface area contributed by atoms with Crippen LogP contribution in [-0.2, 0) is 22.7 Å². The molecule has 0 unspecified atom stereocenters. The Labute approximate surface area is 639 Å². The van der Waals surface area contributed by atoms with E-state index in [0.717, 1.165) is 0 Å². The lowest BCUT2D eigenvalue weighted by molar-refractivity contribution is -0.0670. The summed E-state index contributed by atoms with van der Waals surface area (Å²) < 4.78 is 113. The number of carbonyl (C=O) groups is 4. The highest BCUT2D eigenvalue weighted by atomic mass is 79.9. The van der Waals surface area contributed by atoms with Gasteiger partial charge in [-0.05, 0) is 116 Å². The van der Waals surface area contributed by atoms with Gasteiger partial charge in [-0.15, -0.1) is 24.8 Å². The van der Waals surface area contributed by atoms with Crippen LogP contribution in [0.25, 0.3) is 0 Å². The largest absolute Gasteiger partial charge is 0.384 e. The van der Waals surface area contributed by atoms with E-state index in [-0.39, 0.29) is 153 Å². The van der Waals surface area contributed by atoms with Crippen LogP contribution in [0.2, 0.25) is 20.1 Å². The molecule has 16 rings (SSSR count). The fraction of sp³-hybridized carbons (Fsp3) is 0.375. The van der Waals surface area contributed by atoms with E-state index < -0.39 is 131 Å². The zero-order chi connectivity index (χ0) is 75.4. The molecule has 28 nitrogen and oxygen atoms in total. The molecule has 9 N–H and O–H groups in total. The molecular weight excluding hydrogens is 1620 g/mol. The van der Waals surface area contributed by atoms with E-state index in [4.69, 9.17) is 52.1 Å². The normalized spacial score (nSPS) is 19.3. The molecule has 4 spiro atoms. The summed E-state index contributed by atoms with van der Waals surface area (Å²) in [5.41, 5.74) is -1.09. The Kier molecular flexibility index (Phi) is 23.2. The first-order valence-electron chi connectivity index (χ1n) is 32.0. The quantitative estimate of drug-likeness (QED) is 0.0717. The van der Waals surface area contributed by atoms with Crippen molar-refractivity contribution in [3.8, 4) is 0 Å². The number of aromatic nitrogens is 12. The highest BCUT2D eigenvalue weighted by Crippen LogP contribution is 2.49. The van der Waals surface area contributed by atoms with E-state index in [2.05, 4.69) is 93.0 Å². The van der Waals surface area contributed by atoms with Gasteiger partial charge < -0.3 is 43.0 Å². The summed E-state index contributed by atoms with van der Waals surface area (Å²) in [6.45, 7) is 0. The maximum Gasteiger partial charge on any atom is 0.276 e. The van der Waals surface area contributed by atoms with Gasteiger partial charge in [0, 0.05) is 76.2 Å². The van der Waals surface area contributed by atoms with Crippen molar-refractivity contribution < 1.29 is 54.3 Å². The zero-order valence-electron chi connectivity index (χ0n) is 55.0. The average Bonchev–Trinajstić information content (AvgIpc) is 1.59. The molecule has 0 atom stereocenters. The van der Waals surface area contributed by atoms with E-state index in [1.54, 1.807) is 30.5 Å². The summed E-state index contributed by atoms with van der Waals surface area (Å²) in [5, 5.41) is 19.6. The van der Waals surface area contributed by atoms with Crippen LogP contribution in [0.15, 0.2) is 122 Å². The van der Waals surface area contributed by atoms with E-state index in [0.29, 0.717) is 23.3 Å². The van der Waals surface area contributed by atoms with Crippen LogP contribution in [0.1, 0.15) is 145 Å². The average molecular weight is 1680 g/mol. The number of carbonyl (C=O) groups excluding carboxylic acids is 4. The molecule has 0 saturated heterocycles. The maximum absolute atomic E-state index is 13.6. The van der Waals surface area contributed by atoms with Crippen LogP contribution >= 0.6 is 87.1 Å². The minimum absolute atomic E-state index is 0. The molecule has 4 aliphatic heterocycles. The molecule has 0 radical (unpaired) electrons. The second-order valence-electron chi connectivity index (χ2n) is 25.7. The van der Waals surface area contributed by atoms with Crippen molar-refractivity contribution >= 4 is 151 Å². The molecule has 4 aliphatic carbocycles. The predicted molar refractivity (Wildman–Crippen MR) is 383 cm³/mol. The molecule has 0 aromatic carbocycles. The molecule has 4 fully saturated rings. The summed E-state index contributed by atoms with van der Waals surface area (Å²) >= 11 is 27.8. The molecule has 4 amide bonds. The first kappa shape index (κ1) is 80.4. The van der Waals surface area contributed by atoms with E-state index in [9.17, 15) is 73.5 Å². The van der Waals surface area contributed by atoms with Crippen molar-refractivity contribution in [2.24, 2.45) is 0 Å². The van der Waals surface area contributed by atoms with Crippen LogP contribution in [0.5, 0.6) is 0 Å². The fourth-order valence-corrected chi connectivity index (χ4v) is 15.3. The van der Waals surface area contributed by atoms with Gasteiger partial charge in [0.05, 0.1) is 24.6 Å². The zero-order valence-corrected chi connectivity index (χ0v) is 61.2. The minimum atomic E-state index is -2.80. The number of nitrogens with one attached hydrogen (secondary N) is 7. The van der Waals surface area contributed by atoms with Gasteiger partial charge in [-0.2, -0.15) is 0 Å². The molecule has 568 valence electrons. The molecule has 12 heterocycles. The third kappa shape index (κ3) is 16.4.